The lowest BCUT2D eigenvalue weighted by atomic mass is 10.2. The van der Waals surface area contributed by atoms with Crippen molar-refractivity contribution in [3.8, 4) is 0 Å². The Morgan fingerprint density at radius 1 is 1.35 bits per heavy atom. The molecule has 0 aliphatic heterocycles. The summed E-state index contributed by atoms with van der Waals surface area (Å²) in [5.74, 6) is -0.823. The average molecular weight is 422 g/mol. The van der Waals surface area contributed by atoms with Crippen molar-refractivity contribution in [2.24, 2.45) is 0 Å². The first-order valence-corrected chi connectivity index (χ1v) is 8.14. The van der Waals surface area contributed by atoms with Crippen molar-refractivity contribution >= 4 is 54.8 Å². The van der Waals surface area contributed by atoms with Crippen LogP contribution in [0, 0.1) is 5.82 Å². The maximum absolute atomic E-state index is 13.2. The summed E-state index contributed by atoms with van der Waals surface area (Å²) in [4.78, 5) is 13.2. The molecule has 0 unspecified atom stereocenters. The first kappa shape index (κ1) is 15.5. The summed E-state index contributed by atoms with van der Waals surface area (Å²) in [5.41, 5.74) is 5.76. The number of anilines is 1. The Bertz CT molecular complexity index is 645. The third-order valence-electron chi connectivity index (χ3n) is 2.62. The predicted octanol–water partition coefficient (Wildman–Crippen LogP) is 3.97. The minimum Gasteiger partial charge on any atom is -0.396 e. The van der Waals surface area contributed by atoms with Crippen molar-refractivity contribution in [2.45, 2.75) is 6.42 Å². The van der Waals surface area contributed by atoms with Crippen LogP contribution in [0.2, 0.25) is 0 Å². The van der Waals surface area contributed by atoms with Gasteiger partial charge in [-0.15, -0.1) is 11.3 Å². The van der Waals surface area contributed by atoms with Gasteiger partial charge in [-0.3, -0.25) is 4.79 Å². The Morgan fingerprint density at radius 3 is 2.75 bits per heavy atom. The number of hydrogen-bond acceptors (Lipinski definition) is 3. The van der Waals surface area contributed by atoms with Crippen molar-refractivity contribution in [3.63, 3.8) is 0 Å². The van der Waals surface area contributed by atoms with Crippen LogP contribution < -0.4 is 11.1 Å². The molecular weight excluding hydrogens is 411 g/mol. The largest absolute Gasteiger partial charge is 0.396 e. The predicted molar refractivity (Wildman–Crippen MR) is 86.6 cm³/mol. The van der Waals surface area contributed by atoms with Crippen LogP contribution in [0.4, 0.5) is 10.1 Å². The van der Waals surface area contributed by atoms with E-state index in [0.717, 1.165) is 10.2 Å². The van der Waals surface area contributed by atoms with Gasteiger partial charge in [-0.25, -0.2) is 4.39 Å². The van der Waals surface area contributed by atoms with E-state index in [2.05, 4.69) is 37.2 Å². The molecular formula is C13H11Br2FN2OS. The number of nitrogens with one attached hydrogen (secondary N) is 1. The van der Waals surface area contributed by atoms with Gasteiger partial charge >= 0.3 is 0 Å². The lowest BCUT2D eigenvalue weighted by Gasteiger charge is -2.08. The summed E-state index contributed by atoms with van der Waals surface area (Å²) >= 11 is 8.18. The minimum atomic E-state index is -0.545. The number of carbonyl (C=O) groups is 1. The second kappa shape index (κ2) is 6.69. The summed E-state index contributed by atoms with van der Waals surface area (Å²) in [6, 6.07) is 6.50. The number of rotatable bonds is 4. The molecule has 0 aliphatic rings. The Hall–Kier alpha value is -0.920. The molecule has 7 heteroatoms. The summed E-state index contributed by atoms with van der Waals surface area (Å²) in [7, 11) is 0. The molecule has 2 rings (SSSR count). The van der Waals surface area contributed by atoms with Crippen molar-refractivity contribution < 1.29 is 9.18 Å². The topological polar surface area (TPSA) is 55.1 Å². The van der Waals surface area contributed by atoms with Gasteiger partial charge in [-0.1, -0.05) is 0 Å². The van der Waals surface area contributed by atoms with Crippen molar-refractivity contribution in [3.05, 3.63) is 48.8 Å². The molecule has 3 N–H and O–H groups in total. The highest BCUT2D eigenvalue weighted by Crippen LogP contribution is 2.23. The van der Waals surface area contributed by atoms with Crippen LogP contribution in [-0.4, -0.2) is 12.5 Å². The first-order chi connectivity index (χ1) is 9.47. The van der Waals surface area contributed by atoms with Crippen LogP contribution in [0.3, 0.4) is 0 Å². The van der Waals surface area contributed by atoms with Gasteiger partial charge < -0.3 is 11.1 Å². The van der Waals surface area contributed by atoms with E-state index < -0.39 is 5.82 Å². The van der Waals surface area contributed by atoms with E-state index in [4.69, 9.17) is 5.73 Å². The van der Waals surface area contributed by atoms with E-state index in [-0.39, 0.29) is 11.6 Å². The fourth-order valence-electron chi connectivity index (χ4n) is 1.62. The van der Waals surface area contributed by atoms with Crippen LogP contribution in [0.1, 0.15) is 15.2 Å². The Balaban J connectivity index is 1.97. The molecule has 1 aromatic carbocycles. The average Bonchev–Trinajstić information content (AvgIpc) is 2.79. The monoisotopic (exact) mass is 420 g/mol. The summed E-state index contributed by atoms with van der Waals surface area (Å²) in [6.07, 6.45) is 0.746. The number of nitrogens with two attached hydrogens (primary N) is 1. The molecule has 0 spiro atoms. The zero-order valence-electron chi connectivity index (χ0n) is 10.3. The Morgan fingerprint density at radius 2 is 2.10 bits per heavy atom. The highest BCUT2D eigenvalue weighted by atomic mass is 79.9. The lowest BCUT2D eigenvalue weighted by Crippen LogP contribution is -2.26. The number of benzene rings is 1. The van der Waals surface area contributed by atoms with E-state index in [9.17, 15) is 9.18 Å². The fraction of sp³-hybridized carbons (Fsp3) is 0.154. The van der Waals surface area contributed by atoms with Crippen molar-refractivity contribution in [1.82, 2.24) is 5.32 Å². The van der Waals surface area contributed by atoms with Crippen LogP contribution in [-0.2, 0) is 6.42 Å². The standard InChI is InChI=1S/C13H11Br2FN2OS/c14-9-6-10(16)11(17)5-8(9)13(19)18-4-3-7-1-2-12(15)20-7/h1-2,5-6H,3-4,17H2,(H,18,19). The number of hydrogen-bond donors (Lipinski definition) is 2. The van der Waals surface area contributed by atoms with E-state index in [1.54, 1.807) is 11.3 Å². The molecule has 0 aliphatic carbocycles. The summed E-state index contributed by atoms with van der Waals surface area (Å²) < 4.78 is 14.7. The molecule has 0 fully saturated rings. The van der Waals surface area contributed by atoms with Crippen LogP contribution in [0.15, 0.2) is 32.5 Å². The maximum atomic E-state index is 13.2. The molecule has 0 saturated heterocycles. The van der Waals surface area contributed by atoms with Gasteiger partial charge in [0.05, 0.1) is 15.0 Å². The SMILES string of the molecule is Nc1cc(C(=O)NCCc2ccc(Br)s2)c(Br)cc1F. The summed E-state index contributed by atoms with van der Waals surface area (Å²) in [6.45, 7) is 0.509. The van der Waals surface area contributed by atoms with E-state index in [1.165, 1.54) is 17.0 Å². The highest BCUT2D eigenvalue weighted by molar-refractivity contribution is 9.11. The molecule has 0 bridgehead atoms. The second-order valence-corrected chi connectivity index (χ2v) is 7.47. The number of amides is 1. The van der Waals surface area contributed by atoms with Gasteiger partial charge in [-0.2, -0.15) is 0 Å². The summed E-state index contributed by atoms with van der Waals surface area (Å²) in [5, 5.41) is 2.79. The quantitative estimate of drug-likeness (QED) is 0.734. The lowest BCUT2D eigenvalue weighted by molar-refractivity contribution is 0.0953. The second-order valence-electron chi connectivity index (χ2n) is 4.07. The Kier molecular flexibility index (Phi) is 5.17. The third kappa shape index (κ3) is 3.80. The normalized spacial score (nSPS) is 10.6. The number of thiophene rings is 1. The van der Waals surface area contributed by atoms with Gasteiger partial charge in [0.25, 0.3) is 5.91 Å². The molecule has 0 saturated carbocycles. The fourth-order valence-corrected chi connectivity index (χ4v) is 3.60. The molecule has 0 radical (unpaired) electrons. The van der Waals surface area contributed by atoms with E-state index >= 15 is 0 Å². The van der Waals surface area contributed by atoms with Gasteiger partial charge in [0.15, 0.2) is 0 Å². The van der Waals surface area contributed by atoms with Crippen LogP contribution >= 0.6 is 43.2 Å². The Labute approximate surface area is 136 Å². The molecule has 0 atom stereocenters. The number of nitrogen functional groups attached to an aromatic ring is 1. The maximum Gasteiger partial charge on any atom is 0.252 e. The molecule has 2 aromatic rings. The van der Waals surface area contributed by atoms with E-state index in [0.29, 0.717) is 16.6 Å². The van der Waals surface area contributed by atoms with Gasteiger partial charge in [-0.05, 0) is 62.5 Å². The third-order valence-corrected chi connectivity index (χ3v) is 4.96. The zero-order valence-corrected chi connectivity index (χ0v) is 14.2. The van der Waals surface area contributed by atoms with Crippen molar-refractivity contribution in [2.75, 3.05) is 12.3 Å². The molecule has 1 amide bonds. The minimum absolute atomic E-state index is 0.0412. The van der Waals surface area contributed by atoms with Gasteiger partial charge in [0.1, 0.15) is 5.82 Å². The van der Waals surface area contributed by atoms with Crippen LogP contribution in [0.25, 0.3) is 0 Å². The van der Waals surface area contributed by atoms with E-state index in [1.807, 2.05) is 12.1 Å². The molecule has 20 heavy (non-hydrogen) atoms. The van der Waals surface area contributed by atoms with Gasteiger partial charge in [0, 0.05) is 15.9 Å². The first-order valence-electron chi connectivity index (χ1n) is 5.74. The van der Waals surface area contributed by atoms with Gasteiger partial charge in [0.2, 0.25) is 0 Å². The molecule has 1 aromatic heterocycles. The van der Waals surface area contributed by atoms with Crippen LogP contribution in [0.5, 0.6) is 0 Å². The number of halogens is 3. The molecule has 3 nitrogen and oxygen atoms in total. The highest BCUT2D eigenvalue weighted by Gasteiger charge is 2.13. The number of carbonyl (C=O) groups excluding carboxylic acids is 1. The molecule has 106 valence electrons. The van der Waals surface area contributed by atoms with Crippen molar-refractivity contribution in [1.29, 1.82) is 0 Å². The zero-order chi connectivity index (χ0) is 14.7. The smallest absolute Gasteiger partial charge is 0.252 e. The molecule has 1 heterocycles.